The van der Waals surface area contributed by atoms with E-state index in [2.05, 4.69) is 13.8 Å². The lowest BCUT2D eigenvalue weighted by Gasteiger charge is -2.60. The summed E-state index contributed by atoms with van der Waals surface area (Å²) in [4.78, 5) is 11.8. The lowest BCUT2D eigenvalue weighted by Crippen LogP contribution is -2.57. The lowest BCUT2D eigenvalue weighted by atomic mass is 9.45. The Hall–Kier alpha value is -0.440. The maximum atomic E-state index is 15.0. The van der Waals surface area contributed by atoms with Crippen LogP contribution >= 0.6 is 0 Å². The number of hydrogen-bond acceptors (Lipinski definition) is 2. The highest BCUT2D eigenvalue weighted by atomic mass is 19.1. The fourth-order valence-corrected chi connectivity index (χ4v) is 7.01. The summed E-state index contributed by atoms with van der Waals surface area (Å²) in [5.41, 5.74) is 0.0136. The molecule has 0 heterocycles. The Morgan fingerprint density at radius 2 is 1.77 bits per heavy atom. The van der Waals surface area contributed by atoms with Gasteiger partial charge in [-0.1, -0.05) is 13.8 Å². The normalized spacial score (nSPS) is 57.9. The van der Waals surface area contributed by atoms with Gasteiger partial charge in [-0.05, 0) is 67.1 Å². The molecule has 4 aliphatic rings. The van der Waals surface area contributed by atoms with E-state index in [0.29, 0.717) is 37.0 Å². The quantitative estimate of drug-likeness (QED) is 0.737. The van der Waals surface area contributed by atoms with Crippen LogP contribution < -0.4 is 0 Å². The van der Waals surface area contributed by atoms with Crippen molar-refractivity contribution in [2.75, 3.05) is 0 Å². The SMILES string of the molecule is C[C@]12CCC(=O)C[C@@H]1[C@H](F)C[C@@H]1[C@@H]2CC[C@]2(C)[C@@H](O)CC[C@@H]12. The molecule has 0 aromatic rings. The van der Waals surface area contributed by atoms with Crippen molar-refractivity contribution in [3.8, 4) is 0 Å². The topological polar surface area (TPSA) is 37.3 Å². The number of Topliss-reactive ketones (excluding diaryl/α,β-unsaturated/α-hetero) is 1. The maximum absolute atomic E-state index is 15.0. The number of ketones is 1. The van der Waals surface area contributed by atoms with Crippen LogP contribution in [0.5, 0.6) is 0 Å². The molecule has 3 heteroatoms. The van der Waals surface area contributed by atoms with E-state index in [-0.39, 0.29) is 28.6 Å². The van der Waals surface area contributed by atoms with E-state index in [0.717, 1.165) is 32.1 Å². The summed E-state index contributed by atoms with van der Waals surface area (Å²) in [6.07, 6.45) is 5.74. The van der Waals surface area contributed by atoms with Crippen molar-refractivity contribution in [1.29, 1.82) is 0 Å². The zero-order valence-electron chi connectivity index (χ0n) is 13.9. The van der Waals surface area contributed by atoms with Crippen LogP contribution in [0, 0.1) is 34.5 Å². The van der Waals surface area contributed by atoms with Crippen molar-refractivity contribution in [3.05, 3.63) is 0 Å². The number of carbonyl (C=O) groups excluding carboxylic acids is 1. The molecular formula is C19H29FO2. The number of aliphatic hydroxyl groups is 1. The van der Waals surface area contributed by atoms with Crippen molar-refractivity contribution in [2.45, 2.75) is 77.5 Å². The van der Waals surface area contributed by atoms with Crippen molar-refractivity contribution in [1.82, 2.24) is 0 Å². The Labute approximate surface area is 132 Å². The number of aliphatic hydroxyl groups excluding tert-OH is 1. The van der Waals surface area contributed by atoms with Gasteiger partial charge in [0, 0.05) is 18.8 Å². The molecule has 8 atom stereocenters. The van der Waals surface area contributed by atoms with Crippen LogP contribution in [0.25, 0.3) is 0 Å². The summed E-state index contributed by atoms with van der Waals surface area (Å²) in [7, 11) is 0. The minimum atomic E-state index is -0.824. The van der Waals surface area contributed by atoms with Crippen LogP contribution in [0.15, 0.2) is 0 Å². The Bertz CT molecular complexity index is 492. The maximum Gasteiger partial charge on any atom is 0.133 e. The lowest BCUT2D eigenvalue weighted by molar-refractivity contribution is -0.156. The fraction of sp³-hybridized carbons (Fsp3) is 0.947. The predicted molar refractivity (Wildman–Crippen MR) is 83.0 cm³/mol. The molecule has 4 saturated carbocycles. The first-order valence-corrected chi connectivity index (χ1v) is 9.20. The van der Waals surface area contributed by atoms with Crippen LogP contribution in [0.2, 0.25) is 0 Å². The van der Waals surface area contributed by atoms with E-state index >= 15 is 0 Å². The fourth-order valence-electron chi connectivity index (χ4n) is 7.01. The van der Waals surface area contributed by atoms with Gasteiger partial charge in [0.1, 0.15) is 12.0 Å². The summed E-state index contributed by atoms with van der Waals surface area (Å²) in [5, 5.41) is 10.4. The van der Waals surface area contributed by atoms with Gasteiger partial charge < -0.3 is 5.11 Å². The monoisotopic (exact) mass is 308 g/mol. The van der Waals surface area contributed by atoms with Crippen molar-refractivity contribution in [2.24, 2.45) is 34.5 Å². The highest BCUT2D eigenvalue weighted by molar-refractivity contribution is 5.79. The number of alkyl halides is 1. The smallest absolute Gasteiger partial charge is 0.133 e. The largest absolute Gasteiger partial charge is 0.393 e. The summed E-state index contributed by atoms with van der Waals surface area (Å²) >= 11 is 0. The van der Waals surface area contributed by atoms with E-state index < -0.39 is 6.17 Å². The highest BCUT2D eigenvalue weighted by Crippen LogP contribution is 2.66. The number of carbonyl (C=O) groups is 1. The molecule has 124 valence electrons. The van der Waals surface area contributed by atoms with E-state index in [9.17, 15) is 14.3 Å². The molecule has 0 spiro atoms. The van der Waals surface area contributed by atoms with Gasteiger partial charge in [-0.3, -0.25) is 4.79 Å². The molecule has 0 aromatic heterocycles. The second kappa shape index (κ2) is 4.78. The van der Waals surface area contributed by atoms with E-state index in [1.54, 1.807) is 0 Å². The summed E-state index contributed by atoms with van der Waals surface area (Å²) in [5.74, 6) is 1.67. The molecule has 0 unspecified atom stereocenters. The zero-order valence-corrected chi connectivity index (χ0v) is 13.9. The van der Waals surface area contributed by atoms with Gasteiger partial charge in [0.2, 0.25) is 0 Å². The van der Waals surface area contributed by atoms with Crippen LogP contribution in [-0.4, -0.2) is 23.2 Å². The average molecular weight is 308 g/mol. The predicted octanol–water partition coefficient (Wildman–Crippen LogP) is 3.91. The van der Waals surface area contributed by atoms with Crippen LogP contribution in [-0.2, 0) is 4.79 Å². The Balaban J connectivity index is 1.68. The number of rotatable bonds is 0. The minimum Gasteiger partial charge on any atom is -0.393 e. The molecule has 0 radical (unpaired) electrons. The Morgan fingerprint density at radius 1 is 1.05 bits per heavy atom. The number of halogens is 1. The molecule has 22 heavy (non-hydrogen) atoms. The van der Waals surface area contributed by atoms with Gasteiger partial charge in [0.15, 0.2) is 0 Å². The molecule has 4 rings (SSSR count). The number of hydrogen-bond donors (Lipinski definition) is 1. The molecule has 4 fully saturated rings. The third-order valence-electron chi connectivity index (χ3n) is 8.41. The zero-order chi connectivity index (χ0) is 15.7. The summed E-state index contributed by atoms with van der Waals surface area (Å²) < 4.78 is 15.0. The van der Waals surface area contributed by atoms with Crippen molar-refractivity contribution >= 4 is 5.78 Å². The van der Waals surface area contributed by atoms with Gasteiger partial charge in [-0.2, -0.15) is 0 Å². The molecule has 0 aliphatic heterocycles. The Morgan fingerprint density at radius 3 is 2.55 bits per heavy atom. The molecule has 0 aromatic carbocycles. The van der Waals surface area contributed by atoms with E-state index in [1.165, 1.54) is 0 Å². The molecule has 1 N–H and O–H groups in total. The molecule has 0 amide bonds. The van der Waals surface area contributed by atoms with E-state index in [4.69, 9.17) is 0 Å². The van der Waals surface area contributed by atoms with Crippen LogP contribution in [0.3, 0.4) is 0 Å². The van der Waals surface area contributed by atoms with Gasteiger partial charge in [0.25, 0.3) is 0 Å². The second-order valence-corrected chi connectivity index (χ2v) is 9.12. The van der Waals surface area contributed by atoms with Gasteiger partial charge in [-0.15, -0.1) is 0 Å². The average Bonchev–Trinajstić information content (AvgIpc) is 2.77. The summed E-state index contributed by atoms with van der Waals surface area (Å²) in [6.45, 7) is 4.50. The molecule has 4 aliphatic carbocycles. The molecular weight excluding hydrogens is 279 g/mol. The first kappa shape index (κ1) is 15.1. The molecule has 2 nitrogen and oxygen atoms in total. The van der Waals surface area contributed by atoms with Gasteiger partial charge in [-0.25, -0.2) is 4.39 Å². The van der Waals surface area contributed by atoms with Crippen molar-refractivity contribution in [3.63, 3.8) is 0 Å². The standard InChI is InChI=1S/C19H29FO2/c1-18-7-5-11(21)9-15(18)16(20)10-12-13-3-4-17(22)19(13,2)8-6-14(12)18/h12-17,22H,3-10H2,1-2H3/t12-,13-,14-,15+,16+,17-,18+,19-/m0/s1. The third kappa shape index (κ3) is 1.84. The minimum absolute atomic E-state index is 0.00508. The number of fused-ring (bicyclic) bond motifs is 5. The van der Waals surface area contributed by atoms with Gasteiger partial charge in [0.05, 0.1) is 6.10 Å². The molecule has 0 bridgehead atoms. The second-order valence-electron chi connectivity index (χ2n) is 9.12. The van der Waals surface area contributed by atoms with Gasteiger partial charge >= 0.3 is 0 Å². The first-order chi connectivity index (χ1) is 10.4. The third-order valence-corrected chi connectivity index (χ3v) is 8.41. The summed E-state index contributed by atoms with van der Waals surface area (Å²) in [6, 6.07) is 0. The molecule has 0 saturated heterocycles. The van der Waals surface area contributed by atoms with E-state index in [1.807, 2.05) is 0 Å². The van der Waals surface area contributed by atoms with Crippen LogP contribution in [0.4, 0.5) is 4.39 Å². The van der Waals surface area contributed by atoms with Crippen LogP contribution in [0.1, 0.15) is 65.2 Å². The van der Waals surface area contributed by atoms with Crippen molar-refractivity contribution < 1.29 is 14.3 Å². The highest BCUT2D eigenvalue weighted by Gasteiger charge is 2.62. The first-order valence-electron chi connectivity index (χ1n) is 9.20. The Kier molecular flexibility index (Phi) is 3.28.